The van der Waals surface area contributed by atoms with Crippen molar-refractivity contribution in [1.29, 1.82) is 0 Å². The molecule has 0 spiro atoms. The van der Waals surface area contributed by atoms with Crippen LogP contribution in [0.5, 0.6) is 0 Å². The van der Waals surface area contributed by atoms with E-state index < -0.39 is 24.6 Å². The first-order chi connectivity index (χ1) is 12.4. The molecule has 26 heavy (non-hydrogen) atoms. The first-order valence-electron chi connectivity index (χ1n) is 8.38. The van der Waals surface area contributed by atoms with Crippen molar-refractivity contribution < 1.29 is 18.3 Å². The van der Waals surface area contributed by atoms with E-state index in [9.17, 15) is 18.3 Å². The molecule has 2 heterocycles. The number of aromatic nitrogens is 3. The van der Waals surface area contributed by atoms with Crippen molar-refractivity contribution in [3.05, 3.63) is 48.2 Å². The number of fused-ring (bicyclic) bond motifs is 1. The number of benzene rings is 1. The van der Waals surface area contributed by atoms with Crippen molar-refractivity contribution in [1.82, 2.24) is 15.2 Å². The standard InChI is InChI=1S/C19H20F3N3O/c1-12(11-20)9-19(26,18(21)22)10-15-7-14-8-16(24-25-17(14)23-15)13-5-3-2-4-6-13/h2-8,12,18,26H,9-11H2,1H3,(H,23,25). The molecule has 0 radical (unpaired) electrons. The topological polar surface area (TPSA) is 61.8 Å². The van der Waals surface area contributed by atoms with E-state index in [2.05, 4.69) is 15.2 Å². The van der Waals surface area contributed by atoms with Gasteiger partial charge in [-0.2, -0.15) is 0 Å². The Kier molecular flexibility index (Phi) is 5.27. The maximum Gasteiger partial charge on any atom is 0.267 e. The Morgan fingerprint density at radius 1 is 1.15 bits per heavy atom. The molecule has 0 bridgehead atoms. The zero-order valence-corrected chi connectivity index (χ0v) is 14.3. The van der Waals surface area contributed by atoms with Crippen molar-refractivity contribution in [3.63, 3.8) is 0 Å². The second-order valence-electron chi connectivity index (χ2n) is 6.74. The summed E-state index contributed by atoms with van der Waals surface area (Å²) in [6, 6.07) is 13.0. The number of aliphatic hydroxyl groups is 1. The molecule has 0 saturated heterocycles. The van der Waals surface area contributed by atoms with Crippen LogP contribution in [0.25, 0.3) is 22.3 Å². The highest BCUT2D eigenvalue weighted by Crippen LogP contribution is 2.30. The van der Waals surface area contributed by atoms with Crippen LogP contribution in [-0.4, -0.2) is 39.0 Å². The van der Waals surface area contributed by atoms with Gasteiger partial charge in [-0.25, -0.2) is 8.78 Å². The lowest BCUT2D eigenvalue weighted by Gasteiger charge is -2.28. The van der Waals surface area contributed by atoms with Gasteiger partial charge in [0, 0.05) is 23.1 Å². The summed E-state index contributed by atoms with van der Waals surface area (Å²) >= 11 is 0. The van der Waals surface area contributed by atoms with Crippen LogP contribution in [0, 0.1) is 5.92 Å². The van der Waals surface area contributed by atoms with Crippen LogP contribution < -0.4 is 0 Å². The molecule has 138 valence electrons. The van der Waals surface area contributed by atoms with E-state index in [1.54, 1.807) is 6.07 Å². The van der Waals surface area contributed by atoms with Gasteiger partial charge in [-0.05, 0) is 24.5 Å². The zero-order chi connectivity index (χ0) is 18.7. The van der Waals surface area contributed by atoms with Crippen molar-refractivity contribution in [2.75, 3.05) is 6.67 Å². The van der Waals surface area contributed by atoms with E-state index in [-0.39, 0.29) is 12.8 Å². The minimum Gasteiger partial charge on any atom is -0.384 e. The SMILES string of the molecule is CC(CF)CC(O)(Cc1cc2cc(-c3ccccc3)nnc2[nH]1)C(F)F. The molecule has 3 aromatic rings. The highest BCUT2D eigenvalue weighted by Gasteiger charge is 2.39. The van der Waals surface area contributed by atoms with Gasteiger partial charge >= 0.3 is 0 Å². The van der Waals surface area contributed by atoms with Crippen LogP contribution in [0.4, 0.5) is 13.2 Å². The van der Waals surface area contributed by atoms with E-state index in [1.165, 1.54) is 6.92 Å². The summed E-state index contributed by atoms with van der Waals surface area (Å²) in [7, 11) is 0. The predicted octanol–water partition coefficient (Wildman–Crippen LogP) is 4.16. The third-order valence-corrected chi connectivity index (χ3v) is 4.37. The Bertz CT molecular complexity index is 869. The third kappa shape index (κ3) is 3.88. The van der Waals surface area contributed by atoms with Gasteiger partial charge in [-0.15, -0.1) is 10.2 Å². The van der Waals surface area contributed by atoms with E-state index in [4.69, 9.17) is 0 Å². The van der Waals surface area contributed by atoms with Gasteiger partial charge in [-0.3, -0.25) is 4.39 Å². The van der Waals surface area contributed by atoms with Crippen LogP contribution in [0.15, 0.2) is 42.5 Å². The summed E-state index contributed by atoms with van der Waals surface area (Å²) in [4.78, 5) is 2.92. The molecule has 1 aromatic carbocycles. The fourth-order valence-electron chi connectivity index (χ4n) is 3.06. The quantitative estimate of drug-likeness (QED) is 0.663. The molecule has 2 N–H and O–H groups in total. The largest absolute Gasteiger partial charge is 0.384 e. The van der Waals surface area contributed by atoms with E-state index >= 15 is 0 Å². The Labute approximate surface area is 149 Å². The van der Waals surface area contributed by atoms with Crippen molar-refractivity contribution in [2.24, 2.45) is 5.92 Å². The minimum absolute atomic E-state index is 0.313. The number of halogens is 3. The number of rotatable bonds is 7. The molecule has 3 rings (SSSR count). The second kappa shape index (κ2) is 7.45. The van der Waals surface area contributed by atoms with Crippen LogP contribution in [0.2, 0.25) is 0 Å². The molecule has 0 aliphatic carbocycles. The Morgan fingerprint density at radius 2 is 1.88 bits per heavy atom. The molecular weight excluding hydrogens is 343 g/mol. The van der Waals surface area contributed by atoms with Crippen LogP contribution >= 0.6 is 0 Å². The predicted molar refractivity (Wildman–Crippen MR) is 93.7 cm³/mol. The highest BCUT2D eigenvalue weighted by molar-refractivity contribution is 5.80. The highest BCUT2D eigenvalue weighted by atomic mass is 19.3. The second-order valence-corrected chi connectivity index (χ2v) is 6.74. The molecule has 0 fully saturated rings. The third-order valence-electron chi connectivity index (χ3n) is 4.37. The van der Waals surface area contributed by atoms with Gasteiger partial charge < -0.3 is 10.1 Å². The molecule has 0 aliphatic heterocycles. The average molecular weight is 363 g/mol. The zero-order valence-electron chi connectivity index (χ0n) is 14.3. The Balaban J connectivity index is 1.88. The minimum atomic E-state index is -2.98. The van der Waals surface area contributed by atoms with Crippen LogP contribution in [-0.2, 0) is 6.42 Å². The Hall–Kier alpha value is -2.41. The maximum atomic E-state index is 13.4. The maximum absolute atomic E-state index is 13.4. The fraction of sp³-hybridized carbons (Fsp3) is 0.368. The lowest BCUT2D eigenvalue weighted by Crippen LogP contribution is -2.41. The molecule has 4 nitrogen and oxygen atoms in total. The number of nitrogens with one attached hydrogen (secondary N) is 1. The monoisotopic (exact) mass is 363 g/mol. The Morgan fingerprint density at radius 3 is 2.54 bits per heavy atom. The van der Waals surface area contributed by atoms with Gasteiger partial charge in [0.15, 0.2) is 5.65 Å². The summed E-state index contributed by atoms with van der Waals surface area (Å²) in [5.41, 5.74) is 0.134. The summed E-state index contributed by atoms with van der Waals surface area (Å²) in [6.07, 6.45) is -3.61. The van der Waals surface area contributed by atoms with E-state index in [0.29, 0.717) is 22.4 Å². The van der Waals surface area contributed by atoms with E-state index in [1.807, 2.05) is 36.4 Å². The number of H-pyrrole nitrogens is 1. The molecule has 2 aromatic heterocycles. The molecular formula is C19H20F3N3O. The van der Waals surface area contributed by atoms with Crippen molar-refractivity contribution in [2.45, 2.75) is 31.8 Å². The summed E-state index contributed by atoms with van der Waals surface area (Å²) in [5, 5.41) is 19.3. The summed E-state index contributed by atoms with van der Waals surface area (Å²) < 4.78 is 39.5. The van der Waals surface area contributed by atoms with Gasteiger partial charge in [0.2, 0.25) is 0 Å². The van der Waals surface area contributed by atoms with Crippen molar-refractivity contribution >= 4 is 11.0 Å². The molecule has 7 heteroatoms. The number of aromatic amines is 1. The van der Waals surface area contributed by atoms with Crippen LogP contribution in [0.3, 0.4) is 0 Å². The number of alkyl halides is 3. The van der Waals surface area contributed by atoms with Crippen molar-refractivity contribution in [3.8, 4) is 11.3 Å². The fourth-order valence-corrected chi connectivity index (χ4v) is 3.06. The summed E-state index contributed by atoms with van der Waals surface area (Å²) in [5.74, 6) is -0.650. The van der Waals surface area contributed by atoms with Gasteiger partial charge in [0.1, 0.15) is 5.60 Å². The van der Waals surface area contributed by atoms with E-state index in [0.717, 1.165) is 5.56 Å². The smallest absolute Gasteiger partial charge is 0.267 e. The van der Waals surface area contributed by atoms with Gasteiger partial charge in [-0.1, -0.05) is 37.3 Å². The summed E-state index contributed by atoms with van der Waals surface area (Å²) in [6.45, 7) is 0.740. The average Bonchev–Trinajstić information content (AvgIpc) is 3.03. The lowest BCUT2D eigenvalue weighted by molar-refractivity contribution is -0.109. The van der Waals surface area contributed by atoms with Crippen LogP contribution in [0.1, 0.15) is 19.0 Å². The normalized spacial score (nSPS) is 15.3. The molecule has 0 aliphatic rings. The molecule has 2 unspecified atom stereocenters. The molecule has 0 saturated carbocycles. The first kappa shape index (κ1) is 18.4. The first-order valence-corrected chi connectivity index (χ1v) is 8.38. The van der Waals surface area contributed by atoms with Gasteiger partial charge in [0.25, 0.3) is 6.43 Å². The molecule has 2 atom stereocenters. The molecule has 0 amide bonds. The number of hydrogen-bond acceptors (Lipinski definition) is 3. The lowest BCUT2D eigenvalue weighted by atomic mass is 9.88. The number of nitrogens with zero attached hydrogens (tertiary/aromatic N) is 2. The number of hydrogen-bond donors (Lipinski definition) is 2. The van der Waals surface area contributed by atoms with Gasteiger partial charge in [0.05, 0.1) is 12.4 Å².